The number of aryl methyl sites for hydroxylation is 1. The molecule has 4 rings (SSSR count). The van der Waals surface area contributed by atoms with Crippen molar-refractivity contribution in [3.8, 4) is 28.5 Å². The van der Waals surface area contributed by atoms with Crippen LogP contribution in [0.4, 0.5) is 0 Å². The molecule has 0 bridgehead atoms. The van der Waals surface area contributed by atoms with Crippen LogP contribution in [0.3, 0.4) is 0 Å². The molecular weight excluding hydrogens is 302 g/mol. The average molecular weight is 317 g/mol. The van der Waals surface area contributed by atoms with Crippen LogP contribution in [-0.4, -0.2) is 32.0 Å². The van der Waals surface area contributed by atoms with Crippen molar-refractivity contribution in [2.45, 2.75) is 6.92 Å². The standard InChI is InChI=1S/C18H15N5O/c1-11-4-3-5-15(21-11)18-22-16(14-6-7-20-17(14)23-18)12-8-13(24-2)10-19-9-12/h3-10H,1-2H3,(H,20,22,23). The summed E-state index contributed by atoms with van der Waals surface area (Å²) >= 11 is 0. The summed E-state index contributed by atoms with van der Waals surface area (Å²) in [6.07, 6.45) is 5.29. The van der Waals surface area contributed by atoms with E-state index in [4.69, 9.17) is 9.72 Å². The number of pyridine rings is 2. The fourth-order valence-electron chi connectivity index (χ4n) is 2.60. The van der Waals surface area contributed by atoms with Crippen molar-refractivity contribution < 1.29 is 4.74 Å². The van der Waals surface area contributed by atoms with Crippen LogP contribution in [0.25, 0.3) is 33.8 Å². The van der Waals surface area contributed by atoms with Gasteiger partial charge in [0, 0.05) is 29.0 Å². The maximum Gasteiger partial charge on any atom is 0.180 e. The van der Waals surface area contributed by atoms with E-state index < -0.39 is 0 Å². The predicted molar refractivity (Wildman–Crippen MR) is 91.6 cm³/mol. The summed E-state index contributed by atoms with van der Waals surface area (Å²) in [5.41, 5.74) is 4.10. The molecule has 0 aliphatic carbocycles. The highest BCUT2D eigenvalue weighted by Gasteiger charge is 2.13. The van der Waals surface area contributed by atoms with Crippen molar-refractivity contribution in [2.24, 2.45) is 0 Å². The first-order valence-corrected chi connectivity index (χ1v) is 7.53. The molecule has 0 aliphatic rings. The Bertz CT molecular complexity index is 1020. The van der Waals surface area contributed by atoms with Gasteiger partial charge in [0.25, 0.3) is 0 Å². The maximum atomic E-state index is 5.27. The van der Waals surface area contributed by atoms with Crippen LogP contribution in [0.2, 0.25) is 0 Å². The SMILES string of the molecule is COc1cncc(-c2nc(-c3cccc(C)n3)nc3[nH]ccc23)c1. The molecule has 6 heteroatoms. The number of fused-ring (bicyclic) bond motifs is 1. The van der Waals surface area contributed by atoms with Crippen molar-refractivity contribution in [2.75, 3.05) is 7.11 Å². The number of rotatable bonds is 3. The zero-order valence-electron chi connectivity index (χ0n) is 13.3. The van der Waals surface area contributed by atoms with Gasteiger partial charge in [0.15, 0.2) is 5.82 Å². The molecule has 4 aromatic heterocycles. The quantitative estimate of drug-likeness (QED) is 0.626. The van der Waals surface area contributed by atoms with E-state index in [2.05, 4.69) is 19.9 Å². The first-order valence-electron chi connectivity index (χ1n) is 7.53. The van der Waals surface area contributed by atoms with E-state index in [1.54, 1.807) is 19.5 Å². The van der Waals surface area contributed by atoms with Crippen LogP contribution < -0.4 is 4.74 Å². The molecule has 0 atom stereocenters. The number of methoxy groups -OCH3 is 1. The summed E-state index contributed by atoms with van der Waals surface area (Å²) in [5.74, 6) is 1.26. The number of H-pyrrole nitrogens is 1. The first-order chi connectivity index (χ1) is 11.7. The lowest BCUT2D eigenvalue weighted by molar-refractivity contribution is 0.413. The number of aromatic amines is 1. The summed E-state index contributed by atoms with van der Waals surface area (Å²) in [4.78, 5) is 21.2. The molecule has 0 aliphatic heterocycles. The molecule has 0 aromatic carbocycles. The highest BCUT2D eigenvalue weighted by Crippen LogP contribution is 2.29. The second-order valence-corrected chi connectivity index (χ2v) is 5.41. The Morgan fingerprint density at radius 1 is 1.04 bits per heavy atom. The molecule has 24 heavy (non-hydrogen) atoms. The van der Waals surface area contributed by atoms with E-state index in [0.29, 0.717) is 11.6 Å². The minimum Gasteiger partial charge on any atom is -0.495 e. The lowest BCUT2D eigenvalue weighted by Crippen LogP contribution is -1.97. The van der Waals surface area contributed by atoms with Gasteiger partial charge in [-0.05, 0) is 31.2 Å². The molecule has 0 saturated carbocycles. The number of hydrogen-bond acceptors (Lipinski definition) is 5. The second kappa shape index (κ2) is 5.73. The van der Waals surface area contributed by atoms with Gasteiger partial charge >= 0.3 is 0 Å². The number of ether oxygens (including phenoxy) is 1. The third-order valence-electron chi connectivity index (χ3n) is 3.76. The molecule has 6 nitrogen and oxygen atoms in total. The van der Waals surface area contributed by atoms with E-state index >= 15 is 0 Å². The molecule has 0 spiro atoms. The Balaban J connectivity index is 1.95. The smallest absolute Gasteiger partial charge is 0.180 e. The Morgan fingerprint density at radius 2 is 1.96 bits per heavy atom. The average Bonchev–Trinajstić information content (AvgIpc) is 3.09. The Labute approximate surface area is 138 Å². The zero-order chi connectivity index (χ0) is 16.5. The molecule has 118 valence electrons. The molecular formula is C18H15N5O. The molecule has 4 aromatic rings. The van der Waals surface area contributed by atoms with Crippen LogP contribution in [-0.2, 0) is 0 Å². The highest BCUT2D eigenvalue weighted by atomic mass is 16.5. The number of nitrogens with one attached hydrogen (secondary N) is 1. The summed E-state index contributed by atoms with van der Waals surface area (Å²) in [7, 11) is 1.62. The summed E-state index contributed by atoms with van der Waals surface area (Å²) < 4.78 is 5.27. The van der Waals surface area contributed by atoms with Crippen LogP contribution >= 0.6 is 0 Å². The van der Waals surface area contributed by atoms with Crippen molar-refractivity contribution in [1.82, 2.24) is 24.9 Å². The van der Waals surface area contributed by atoms with Gasteiger partial charge < -0.3 is 9.72 Å². The zero-order valence-corrected chi connectivity index (χ0v) is 13.3. The van der Waals surface area contributed by atoms with Gasteiger partial charge in [-0.15, -0.1) is 0 Å². The fraction of sp³-hybridized carbons (Fsp3) is 0.111. The predicted octanol–water partition coefficient (Wildman–Crippen LogP) is 3.40. The van der Waals surface area contributed by atoms with E-state index in [1.165, 1.54) is 0 Å². The molecule has 4 heterocycles. The number of hydrogen-bond donors (Lipinski definition) is 1. The highest BCUT2D eigenvalue weighted by molar-refractivity contribution is 5.91. The van der Waals surface area contributed by atoms with E-state index in [-0.39, 0.29) is 0 Å². The molecule has 0 radical (unpaired) electrons. The largest absolute Gasteiger partial charge is 0.495 e. The summed E-state index contributed by atoms with van der Waals surface area (Å²) in [5, 5.41) is 0.932. The van der Waals surface area contributed by atoms with Crippen molar-refractivity contribution in [3.63, 3.8) is 0 Å². The lowest BCUT2D eigenvalue weighted by atomic mass is 10.1. The first kappa shape index (κ1) is 14.3. The Hall–Kier alpha value is -3.28. The van der Waals surface area contributed by atoms with Gasteiger partial charge in [-0.3, -0.25) is 4.98 Å². The monoisotopic (exact) mass is 317 g/mol. The van der Waals surface area contributed by atoms with Gasteiger partial charge in [-0.1, -0.05) is 6.07 Å². The van der Waals surface area contributed by atoms with Gasteiger partial charge in [0.2, 0.25) is 0 Å². The third-order valence-corrected chi connectivity index (χ3v) is 3.76. The van der Waals surface area contributed by atoms with Gasteiger partial charge in [0.1, 0.15) is 17.1 Å². The normalized spacial score (nSPS) is 10.9. The molecule has 0 unspecified atom stereocenters. The van der Waals surface area contributed by atoms with Crippen molar-refractivity contribution in [3.05, 3.63) is 54.6 Å². The molecule has 0 fully saturated rings. The molecule has 1 N–H and O–H groups in total. The fourth-order valence-corrected chi connectivity index (χ4v) is 2.60. The Kier molecular flexibility index (Phi) is 3.42. The molecule has 0 amide bonds. The number of aromatic nitrogens is 5. The minimum absolute atomic E-state index is 0.575. The van der Waals surface area contributed by atoms with E-state index in [1.807, 2.05) is 43.5 Å². The van der Waals surface area contributed by atoms with E-state index in [0.717, 1.165) is 33.7 Å². The minimum atomic E-state index is 0.575. The van der Waals surface area contributed by atoms with Crippen LogP contribution in [0.15, 0.2) is 48.9 Å². The number of nitrogens with zero attached hydrogens (tertiary/aromatic N) is 4. The van der Waals surface area contributed by atoms with Crippen LogP contribution in [0, 0.1) is 6.92 Å². The maximum absolute atomic E-state index is 5.27. The van der Waals surface area contributed by atoms with Crippen molar-refractivity contribution >= 4 is 11.0 Å². The summed E-state index contributed by atoms with van der Waals surface area (Å²) in [6, 6.07) is 9.67. The van der Waals surface area contributed by atoms with Gasteiger partial charge in [-0.25, -0.2) is 15.0 Å². The van der Waals surface area contributed by atoms with Crippen LogP contribution in [0.1, 0.15) is 5.69 Å². The Morgan fingerprint density at radius 3 is 2.79 bits per heavy atom. The van der Waals surface area contributed by atoms with Gasteiger partial charge in [-0.2, -0.15) is 0 Å². The molecule has 0 saturated heterocycles. The lowest BCUT2D eigenvalue weighted by Gasteiger charge is -2.07. The van der Waals surface area contributed by atoms with Crippen LogP contribution in [0.5, 0.6) is 5.75 Å². The topological polar surface area (TPSA) is 76.6 Å². The second-order valence-electron chi connectivity index (χ2n) is 5.41. The van der Waals surface area contributed by atoms with E-state index in [9.17, 15) is 0 Å². The summed E-state index contributed by atoms with van der Waals surface area (Å²) in [6.45, 7) is 1.95. The van der Waals surface area contributed by atoms with Gasteiger partial charge in [0.05, 0.1) is 19.0 Å². The third kappa shape index (κ3) is 2.48. The van der Waals surface area contributed by atoms with Crippen molar-refractivity contribution in [1.29, 1.82) is 0 Å².